The Balaban J connectivity index is 1.80. The smallest absolute Gasteiger partial charge is 0.0519 e. The Labute approximate surface area is 115 Å². The molecule has 19 heavy (non-hydrogen) atoms. The molecule has 0 spiro atoms. The van der Waals surface area contributed by atoms with Gasteiger partial charge in [0.05, 0.1) is 6.04 Å². The number of para-hydroxylation sites is 1. The van der Waals surface area contributed by atoms with E-state index in [4.69, 9.17) is 0 Å². The van der Waals surface area contributed by atoms with Crippen molar-refractivity contribution < 1.29 is 0 Å². The summed E-state index contributed by atoms with van der Waals surface area (Å²) in [6.45, 7) is 2.13. The molecule has 0 fully saturated rings. The summed E-state index contributed by atoms with van der Waals surface area (Å²) in [7, 11) is 0. The maximum atomic E-state index is 3.64. The molecule has 0 saturated carbocycles. The lowest BCUT2D eigenvalue weighted by atomic mass is 10.00. The van der Waals surface area contributed by atoms with Gasteiger partial charge in [0.1, 0.15) is 0 Å². The van der Waals surface area contributed by atoms with Gasteiger partial charge in [-0.25, -0.2) is 0 Å². The lowest BCUT2D eigenvalue weighted by Crippen LogP contribution is -2.17. The number of benzene rings is 2. The van der Waals surface area contributed by atoms with Crippen molar-refractivity contribution in [1.29, 1.82) is 0 Å². The summed E-state index contributed by atoms with van der Waals surface area (Å²) in [5, 5.41) is 3.64. The Morgan fingerprint density at radius 3 is 2.42 bits per heavy atom. The number of hydrogen-bond acceptors (Lipinski definition) is 1. The minimum absolute atomic E-state index is 0.435. The van der Waals surface area contributed by atoms with E-state index in [1.165, 1.54) is 28.8 Å². The van der Waals surface area contributed by atoms with Gasteiger partial charge in [-0.05, 0) is 43.0 Å². The second kappa shape index (κ2) is 5.31. The predicted octanol–water partition coefficient (Wildman–Crippen LogP) is 4.65. The van der Waals surface area contributed by atoms with Crippen LogP contribution < -0.4 is 5.32 Å². The largest absolute Gasteiger partial charge is 0.378 e. The highest BCUT2D eigenvalue weighted by molar-refractivity contribution is 5.74. The van der Waals surface area contributed by atoms with E-state index in [2.05, 4.69) is 72.9 Å². The molecule has 0 saturated heterocycles. The molecule has 0 aliphatic heterocycles. The molecule has 1 heteroatoms. The van der Waals surface area contributed by atoms with Crippen molar-refractivity contribution in [2.75, 3.05) is 5.32 Å². The Hall–Kier alpha value is -2.02. The second-order valence-electron chi connectivity index (χ2n) is 5.17. The molecule has 1 N–H and O–H groups in total. The number of anilines is 1. The van der Waals surface area contributed by atoms with Crippen molar-refractivity contribution in [2.45, 2.75) is 25.8 Å². The second-order valence-corrected chi connectivity index (χ2v) is 5.17. The SMILES string of the molecule is Cc1ccc(C2=CCCC2Nc2ccccc2)cc1. The van der Waals surface area contributed by atoms with Gasteiger partial charge >= 0.3 is 0 Å². The molecule has 1 unspecified atom stereocenters. The van der Waals surface area contributed by atoms with Gasteiger partial charge in [-0.15, -0.1) is 0 Å². The lowest BCUT2D eigenvalue weighted by Gasteiger charge is -2.18. The molecule has 0 radical (unpaired) electrons. The average Bonchev–Trinajstić information content (AvgIpc) is 2.89. The first-order chi connectivity index (χ1) is 9.33. The Bertz CT molecular complexity index is 566. The minimum Gasteiger partial charge on any atom is -0.378 e. The highest BCUT2D eigenvalue weighted by Crippen LogP contribution is 2.30. The van der Waals surface area contributed by atoms with Crippen LogP contribution in [0.3, 0.4) is 0 Å². The third kappa shape index (κ3) is 2.70. The van der Waals surface area contributed by atoms with Crippen LogP contribution in [0.25, 0.3) is 5.57 Å². The zero-order chi connectivity index (χ0) is 13.1. The van der Waals surface area contributed by atoms with Crippen molar-refractivity contribution in [3.05, 3.63) is 71.8 Å². The fraction of sp³-hybridized carbons (Fsp3) is 0.222. The summed E-state index contributed by atoms with van der Waals surface area (Å²) in [6.07, 6.45) is 4.71. The van der Waals surface area contributed by atoms with Crippen LogP contribution in [0, 0.1) is 6.92 Å². The Morgan fingerprint density at radius 2 is 1.68 bits per heavy atom. The number of aryl methyl sites for hydroxylation is 1. The van der Waals surface area contributed by atoms with Crippen molar-refractivity contribution in [1.82, 2.24) is 0 Å². The van der Waals surface area contributed by atoms with E-state index in [1.807, 2.05) is 0 Å². The van der Waals surface area contributed by atoms with Crippen LogP contribution in [0.5, 0.6) is 0 Å². The van der Waals surface area contributed by atoms with Crippen LogP contribution in [0.4, 0.5) is 5.69 Å². The van der Waals surface area contributed by atoms with E-state index < -0.39 is 0 Å². The highest BCUT2D eigenvalue weighted by atomic mass is 14.9. The quantitative estimate of drug-likeness (QED) is 0.834. The zero-order valence-electron chi connectivity index (χ0n) is 11.3. The maximum absolute atomic E-state index is 3.64. The zero-order valence-corrected chi connectivity index (χ0v) is 11.3. The van der Waals surface area contributed by atoms with Gasteiger partial charge in [0.25, 0.3) is 0 Å². The van der Waals surface area contributed by atoms with Crippen molar-refractivity contribution >= 4 is 11.3 Å². The van der Waals surface area contributed by atoms with Crippen LogP contribution in [-0.2, 0) is 0 Å². The molecule has 0 aromatic heterocycles. The van der Waals surface area contributed by atoms with Gasteiger partial charge in [-0.1, -0.05) is 54.1 Å². The van der Waals surface area contributed by atoms with Gasteiger partial charge in [0, 0.05) is 5.69 Å². The molecular formula is C18H19N. The molecule has 1 atom stereocenters. The third-order valence-corrected chi connectivity index (χ3v) is 3.69. The molecular weight excluding hydrogens is 230 g/mol. The molecule has 0 heterocycles. The lowest BCUT2D eigenvalue weighted by molar-refractivity contribution is 0.835. The van der Waals surface area contributed by atoms with Crippen LogP contribution >= 0.6 is 0 Å². The van der Waals surface area contributed by atoms with Crippen LogP contribution in [0.1, 0.15) is 24.0 Å². The van der Waals surface area contributed by atoms with Crippen LogP contribution in [-0.4, -0.2) is 6.04 Å². The summed E-state index contributed by atoms with van der Waals surface area (Å²) in [4.78, 5) is 0. The molecule has 1 aliphatic rings. The number of hydrogen-bond donors (Lipinski definition) is 1. The molecule has 2 aromatic carbocycles. The van der Waals surface area contributed by atoms with E-state index in [-0.39, 0.29) is 0 Å². The first-order valence-corrected chi connectivity index (χ1v) is 6.91. The fourth-order valence-corrected chi connectivity index (χ4v) is 2.65. The number of rotatable bonds is 3. The fourth-order valence-electron chi connectivity index (χ4n) is 2.65. The van der Waals surface area contributed by atoms with Crippen molar-refractivity contribution in [2.24, 2.45) is 0 Å². The summed E-state index contributed by atoms with van der Waals surface area (Å²) in [6, 6.07) is 19.7. The molecule has 0 amide bonds. The van der Waals surface area contributed by atoms with E-state index in [0.717, 1.165) is 6.42 Å². The average molecular weight is 249 g/mol. The number of nitrogens with one attached hydrogen (secondary N) is 1. The summed E-state index contributed by atoms with van der Waals surface area (Å²) in [5.74, 6) is 0. The van der Waals surface area contributed by atoms with Gasteiger partial charge in [-0.2, -0.15) is 0 Å². The molecule has 1 nitrogen and oxygen atoms in total. The molecule has 2 aromatic rings. The topological polar surface area (TPSA) is 12.0 Å². The normalized spacial score (nSPS) is 18.2. The van der Waals surface area contributed by atoms with Gasteiger partial charge in [0.15, 0.2) is 0 Å². The first kappa shape index (κ1) is 12.0. The van der Waals surface area contributed by atoms with Gasteiger partial charge in [0.2, 0.25) is 0 Å². The van der Waals surface area contributed by atoms with Crippen molar-refractivity contribution in [3.63, 3.8) is 0 Å². The molecule has 3 rings (SSSR count). The van der Waals surface area contributed by atoms with Gasteiger partial charge in [-0.3, -0.25) is 0 Å². The maximum Gasteiger partial charge on any atom is 0.0519 e. The van der Waals surface area contributed by atoms with E-state index in [1.54, 1.807) is 0 Å². The van der Waals surface area contributed by atoms with Gasteiger partial charge < -0.3 is 5.32 Å². The Kier molecular flexibility index (Phi) is 3.37. The van der Waals surface area contributed by atoms with E-state index in [9.17, 15) is 0 Å². The van der Waals surface area contributed by atoms with E-state index >= 15 is 0 Å². The first-order valence-electron chi connectivity index (χ1n) is 6.91. The summed E-state index contributed by atoms with van der Waals surface area (Å²) >= 11 is 0. The standard InChI is InChI=1S/C18H19N/c1-14-10-12-15(13-11-14)17-8-5-9-18(17)19-16-6-3-2-4-7-16/h2-4,6-8,10-13,18-19H,5,9H2,1H3. The monoisotopic (exact) mass is 249 g/mol. The highest BCUT2D eigenvalue weighted by Gasteiger charge is 2.20. The van der Waals surface area contributed by atoms with E-state index in [0.29, 0.717) is 6.04 Å². The number of allylic oxidation sites excluding steroid dienone is 1. The Morgan fingerprint density at radius 1 is 0.947 bits per heavy atom. The summed E-state index contributed by atoms with van der Waals surface area (Å²) in [5.41, 5.74) is 5.29. The third-order valence-electron chi connectivity index (χ3n) is 3.69. The van der Waals surface area contributed by atoms with Crippen LogP contribution in [0.2, 0.25) is 0 Å². The van der Waals surface area contributed by atoms with Crippen LogP contribution in [0.15, 0.2) is 60.7 Å². The minimum atomic E-state index is 0.435. The molecule has 0 bridgehead atoms. The molecule has 96 valence electrons. The molecule has 1 aliphatic carbocycles. The summed E-state index contributed by atoms with van der Waals surface area (Å²) < 4.78 is 0. The predicted molar refractivity (Wildman–Crippen MR) is 82.2 cm³/mol. The van der Waals surface area contributed by atoms with Crippen molar-refractivity contribution in [3.8, 4) is 0 Å².